The van der Waals surface area contributed by atoms with Crippen LogP contribution in [0.2, 0.25) is 0 Å². The van der Waals surface area contributed by atoms with Crippen molar-refractivity contribution >= 4 is 34.8 Å². The summed E-state index contributed by atoms with van der Waals surface area (Å²) in [6.07, 6.45) is 1.59. The second-order valence-corrected chi connectivity index (χ2v) is 7.89. The summed E-state index contributed by atoms with van der Waals surface area (Å²) >= 11 is 0.366. The van der Waals surface area contributed by atoms with Crippen molar-refractivity contribution < 1.29 is 24.0 Å². The minimum Gasteiger partial charge on any atom is -0.612 e. The van der Waals surface area contributed by atoms with Gasteiger partial charge in [0, 0.05) is 11.3 Å². The van der Waals surface area contributed by atoms with Crippen molar-refractivity contribution in [2.24, 2.45) is 5.73 Å². The maximum absolute atomic E-state index is 11.9. The minimum atomic E-state index is -1.16. The van der Waals surface area contributed by atoms with E-state index < -0.39 is 23.2 Å². The van der Waals surface area contributed by atoms with Crippen LogP contribution in [0.15, 0.2) is 40.4 Å². The number of carbonyl (C=O) groups is 2. The van der Waals surface area contributed by atoms with Crippen molar-refractivity contribution in [1.29, 1.82) is 0 Å². The number of ether oxygens (including phenoxy) is 1. The van der Waals surface area contributed by atoms with E-state index in [-0.39, 0.29) is 23.6 Å². The number of nitrogens with zero attached hydrogens (tertiary/aromatic N) is 1. The molecule has 128 valence electrons. The lowest BCUT2D eigenvalue weighted by atomic mass is 10.0. The SMILES string of the molecule is C[S+]([O-])c1ccc(OCC2=C(C(=O)O)N3C(=O)C(N)C3SC2)cc1. The van der Waals surface area contributed by atoms with E-state index in [0.29, 0.717) is 22.0 Å². The Balaban J connectivity index is 1.75. The van der Waals surface area contributed by atoms with Crippen LogP contribution in [0.1, 0.15) is 0 Å². The van der Waals surface area contributed by atoms with Crippen LogP contribution < -0.4 is 10.5 Å². The van der Waals surface area contributed by atoms with Gasteiger partial charge in [0.25, 0.3) is 0 Å². The number of fused-ring (bicyclic) bond motifs is 1. The van der Waals surface area contributed by atoms with Gasteiger partial charge in [-0.1, -0.05) is 0 Å². The predicted molar refractivity (Wildman–Crippen MR) is 90.0 cm³/mol. The van der Waals surface area contributed by atoms with Crippen LogP contribution in [-0.2, 0) is 20.8 Å². The van der Waals surface area contributed by atoms with Gasteiger partial charge in [-0.3, -0.25) is 9.69 Å². The molecule has 24 heavy (non-hydrogen) atoms. The van der Waals surface area contributed by atoms with Crippen LogP contribution in [0.5, 0.6) is 5.75 Å². The van der Waals surface area contributed by atoms with Crippen molar-refractivity contribution in [2.75, 3.05) is 18.6 Å². The lowest BCUT2D eigenvalue weighted by Gasteiger charge is -2.47. The highest BCUT2D eigenvalue weighted by Crippen LogP contribution is 2.39. The molecule has 1 saturated heterocycles. The van der Waals surface area contributed by atoms with E-state index in [0.717, 1.165) is 0 Å². The number of β-lactam (4-membered cyclic amide) rings is 1. The summed E-state index contributed by atoms with van der Waals surface area (Å²) in [5, 5.41) is 9.12. The summed E-state index contributed by atoms with van der Waals surface area (Å²) in [6.45, 7) is 0.0644. The summed E-state index contributed by atoms with van der Waals surface area (Å²) in [7, 11) is 0. The van der Waals surface area contributed by atoms with Crippen LogP contribution in [0.25, 0.3) is 0 Å². The smallest absolute Gasteiger partial charge is 0.352 e. The van der Waals surface area contributed by atoms with Gasteiger partial charge in [-0.25, -0.2) is 4.79 Å². The molecule has 2 aliphatic heterocycles. The van der Waals surface area contributed by atoms with Gasteiger partial charge >= 0.3 is 5.97 Å². The Labute approximate surface area is 146 Å². The number of carboxylic acid groups (broad SMARTS) is 1. The molecule has 0 bridgehead atoms. The summed E-state index contributed by atoms with van der Waals surface area (Å²) in [5.74, 6) is -0.547. The van der Waals surface area contributed by atoms with E-state index in [1.54, 1.807) is 30.5 Å². The molecule has 3 rings (SSSR count). The molecule has 0 radical (unpaired) electrons. The Bertz CT molecular complexity index is 704. The van der Waals surface area contributed by atoms with E-state index in [4.69, 9.17) is 10.5 Å². The van der Waals surface area contributed by atoms with Gasteiger partial charge < -0.3 is 20.1 Å². The van der Waals surface area contributed by atoms with Crippen LogP contribution in [0.3, 0.4) is 0 Å². The van der Waals surface area contributed by atoms with E-state index >= 15 is 0 Å². The summed E-state index contributed by atoms with van der Waals surface area (Å²) < 4.78 is 17.0. The zero-order chi connectivity index (χ0) is 17.4. The average molecular weight is 368 g/mol. The number of benzene rings is 1. The number of amides is 1. The number of rotatable bonds is 5. The molecule has 1 aromatic carbocycles. The molecule has 2 aliphatic rings. The molecule has 0 spiro atoms. The molecule has 1 fully saturated rings. The molecule has 9 heteroatoms. The molecule has 0 saturated carbocycles. The second kappa shape index (κ2) is 6.67. The van der Waals surface area contributed by atoms with E-state index in [1.807, 2.05) is 0 Å². The molecule has 0 aromatic heterocycles. The highest BCUT2D eigenvalue weighted by atomic mass is 32.2. The van der Waals surface area contributed by atoms with Gasteiger partial charge in [0.05, 0.1) is 0 Å². The molecule has 1 amide bonds. The third-order valence-corrected chi connectivity index (χ3v) is 6.16. The van der Waals surface area contributed by atoms with Gasteiger partial charge in [0.15, 0.2) is 4.90 Å². The summed E-state index contributed by atoms with van der Waals surface area (Å²) in [6, 6.07) is 6.11. The number of thioether (sulfide) groups is 1. The topological polar surface area (TPSA) is 116 Å². The highest BCUT2D eigenvalue weighted by molar-refractivity contribution is 8.00. The quantitative estimate of drug-likeness (QED) is 0.570. The Morgan fingerprint density at radius 3 is 2.75 bits per heavy atom. The number of hydrogen-bond donors (Lipinski definition) is 2. The molecule has 3 atom stereocenters. The fourth-order valence-corrected chi connectivity index (χ4v) is 4.38. The lowest BCUT2D eigenvalue weighted by Crippen LogP contribution is -2.68. The monoisotopic (exact) mass is 368 g/mol. The van der Waals surface area contributed by atoms with Gasteiger partial charge in [-0.2, -0.15) is 0 Å². The molecule has 3 unspecified atom stereocenters. The second-order valence-electron chi connectivity index (χ2n) is 5.41. The van der Waals surface area contributed by atoms with Gasteiger partial charge in [-0.05, 0) is 35.4 Å². The van der Waals surface area contributed by atoms with Gasteiger partial charge in [0.1, 0.15) is 35.7 Å². The van der Waals surface area contributed by atoms with Crippen molar-refractivity contribution in [2.45, 2.75) is 16.3 Å². The van der Waals surface area contributed by atoms with Crippen molar-refractivity contribution in [3.8, 4) is 5.75 Å². The number of aliphatic carboxylic acids is 1. The first kappa shape index (κ1) is 17.2. The predicted octanol–water partition coefficient (Wildman–Crippen LogP) is 0.384. The van der Waals surface area contributed by atoms with Crippen LogP contribution in [-0.4, -0.2) is 56.5 Å². The van der Waals surface area contributed by atoms with Gasteiger partial charge in [0.2, 0.25) is 5.91 Å². The first-order valence-electron chi connectivity index (χ1n) is 7.12. The number of nitrogens with two attached hydrogens (primary N) is 1. The molecule has 0 aliphatic carbocycles. The zero-order valence-corrected chi connectivity index (χ0v) is 14.4. The van der Waals surface area contributed by atoms with Crippen molar-refractivity contribution in [3.05, 3.63) is 35.5 Å². The highest BCUT2D eigenvalue weighted by Gasteiger charge is 2.51. The molecule has 2 heterocycles. The Hall–Kier alpha value is -1.68. The van der Waals surface area contributed by atoms with Crippen LogP contribution in [0, 0.1) is 0 Å². The fourth-order valence-electron chi connectivity index (χ4n) is 2.59. The normalized spacial score (nSPS) is 24.3. The van der Waals surface area contributed by atoms with E-state index in [9.17, 15) is 19.2 Å². The van der Waals surface area contributed by atoms with E-state index in [2.05, 4.69) is 0 Å². The number of carboxylic acids is 1. The molecule has 3 N–H and O–H groups in total. The van der Waals surface area contributed by atoms with Crippen molar-refractivity contribution in [3.63, 3.8) is 0 Å². The van der Waals surface area contributed by atoms with Gasteiger partial charge in [-0.15, -0.1) is 11.8 Å². The molecule has 7 nitrogen and oxygen atoms in total. The Morgan fingerprint density at radius 1 is 1.50 bits per heavy atom. The van der Waals surface area contributed by atoms with E-state index in [1.165, 1.54) is 16.7 Å². The third kappa shape index (κ3) is 3.00. The third-order valence-electron chi connectivity index (χ3n) is 3.86. The number of carbonyl (C=O) groups excluding carboxylic acids is 1. The zero-order valence-electron chi connectivity index (χ0n) is 12.8. The van der Waals surface area contributed by atoms with Crippen LogP contribution >= 0.6 is 11.8 Å². The van der Waals surface area contributed by atoms with Crippen molar-refractivity contribution in [1.82, 2.24) is 4.90 Å². The largest absolute Gasteiger partial charge is 0.612 e. The maximum atomic E-state index is 11.9. The molecular formula is C15H16N2O5S2. The average Bonchev–Trinajstić information content (AvgIpc) is 2.58. The lowest BCUT2D eigenvalue weighted by molar-refractivity contribution is -0.148. The molecular weight excluding hydrogens is 352 g/mol. The van der Waals surface area contributed by atoms with Crippen LogP contribution in [0.4, 0.5) is 0 Å². The number of hydrogen-bond acceptors (Lipinski definition) is 6. The summed E-state index contributed by atoms with van der Waals surface area (Å²) in [5.41, 5.74) is 6.21. The first-order chi connectivity index (χ1) is 11.4. The first-order valence-corrected chi connectivity index (χ1v) is 9.72. The Morgan fingerprint density at radius 2 is 2.17 bits per heavy atom. The molecule has 1 aromatic rings. The maximum Gasteiger partial charge on any atom is 0.352 e. The fraction of sp³-hybridized carbons (Fsp3) is 0.333. The standard InChI is InChI=1S/C15H16N2O5S2/c1-24(21)10-4-2-9(3-5-10)22-6-8-7-23-14-11(16)13(18)17(14)12(8)15(19)20/h2-5,11,14H,6-7,16H2,1H3,(H,19,20). The minimum absolute atomic E-state index is 0.0308. The summed E-state index contributed by atoms with van der Waals surface area (Å²) in [4.78, 5) is 25.3. The Kier molecular flexibility index (Phi) is 4.77.